The van der Waals surface area contributed by atoms with Crippen molar-refractivity contribution in [3.05, 3.63) is 52.6 Å². The van der Waals surface area contributed by atoms with Gasteiger partial charge in [-0.15, -0.1) is 0 Å². The Hall–Kier alpha value is -2.61. The number of hydroxylamine groups is 2. The summed E-state index contributed by atoms with van der Waals surface area (Å²) in [6.07, 6.45) is 3.88. The fourth-order valence-electron chi connectivity index (χ4n) is 5.11. The Bertz CT molecular complexity index is 1000. The summed E-state index contributed by atoms with van der Waals surface area (Å²) in [7, 11) is 2.09. The Labute approximate surface area is 210 Å². The van der Waals surface area contributed by atoms with Crippen molar-refractivity contribution < 1.29 is 10.0 Å². The van der Waals surface area contributed by atoms with E-state index in [4.69, 9.17) is 0 Å². The zero-order valence-electron chi connectivity index (χ0n) is 21.8. The number of aryl methyl sites for hydroxylation is 3. The quantitative estimate of drug-likeness (QED) is 0.456. The van der Waals surface area contributed by atoms with Crippen molar-refractivity contribution in [2.75, 3.05) is 63.1 Å². The molecule has 0 unspecified atom stereocenters. The molecule has 2 heterocycles. The summed E-state index contributed by atoms with van der Waals surface area (Å²) in [6, 6.07) is 10.6. The fourth-order valence-corrected chi connectivity index (χ4v) is 5.11. The molecule has 7 heteroatoms. The predicted octanol–water partition coefficient (Wildman–Crippen LogP) is 4.31. The summed E-state index contributed by atoms with van der Waals surface area (Å²) < 4.78 is 0. The predicted molar refractivity (Wildman–Crippen MR) is 143 cm³/mol. The van der Waals surface area contributed by atoms with Crippen LogP contribution in [-0.2, 0) is 11.3 Å². The zero-order chi connectivity index (χ0) is 24.9. The maximum Gasteiger partial charge on any atom is 0.260 e. The van der Waals surface area contributed by atoms with Crippen molar-refractivity contribution in [1.82, 2.24) is 14.9 Å². The number of nitrogens with one attached hydrogen (secondary N) is 1. The molecule has 35 heavy (non-hydrogen) atoms. The molecule has 1 amide bonds. The fraction of sp³-hybridized carbons (Fsp3) is 0.536. The Balaban J connectivity index is 1.38. The Morgan fingerprint density at radius 3 is 2.20 bits per heavy atom. The van der Waals surface area contributed by atoms with Crippen LogP contribution in [0.1, 0.15) is 41.5 Å². The Morgan fingerprint density at radius 1 is 0.914 bits per heavy atom. The van der Waals surface area contributed by atoms with Gasteiger partial charge in [0.25, 0.3) is 5.91 Å². The van der Waals surface area contributed by atoms with Crippen LogP contribution < -0.4 is 10.2 Å². The summed E-state index contributed by atoms with van der Waals surface area (Å²) in [5, 5.41) is 14.9. The van der Waals surface area contributed by atoms with Gasteiger partial charge in [0.2, 0.25) is 0 Å². The van der Waals surface area contributed by atoms with Crippen molar-refractivity contribution in [2.24, 2.45) is 0 Å². The highest BCUT2D eigenvalue weighted by Gasteiger charge is 2.20. The third-order valence-electron chi connectivity index (χ3n) is 7.36. The lowest BCUT2D eigenvalue weighted by atomic mass is 10.0. The van der Waals surface area contributed by atoms with Crippen molar-refractivity contribution in [3.8, 4) is 0 Å². The van der Waals surface area contributed by atoms with Gasteiger partial charge in [0, 0.05) is 56.3 Å². The Morgan fingerprint density at radius 2 is 1.57 bits per heavy atom. The van der Waals surface area contributed by atoms with Crippen LogP contribution in [-0.4, -0.2) is 78.8 Å². The number of benzene rings is 2. The highest BCUT2D eigenvalue weighted by Crippen LogP contribution is 2.32. The maximum atomic E-state index is 12.5. The zero-order valence-corrected chi connectivity index (χ0v) is 21.8. The molecule has 2 fully saturated rings. The summed E-state index contributed by atoms with van der Waals surface area (Å²) in [4.78, 5) is 19.4. The van der Waals surface area contributed by atoms with Crippen LogP contribution in [0.25, 0.3) is 0 Å². The van der Waals surface area contributed by atoms with Gasteiger partial charge in [-0.2, -0.15) is 0 Å². The average molecular weight is 480 g/mol. The molecule has 2 N–H and O–H groups in total. The number of carbonyl (C=O) groups excluding carboxylic acids is 1. The van der Waals surface area contributed by atoms with E-state index < -0.39 is 0 Å². The van der Waals surface area contributed by atoms with Gasteiger partial charge in [-0.05, 0) is 87.5 Å². The number of anilines is 3. The summed E-state index contributed by atoms with van der Waals surface area (Å²) >= 11 is 0. The molecule has 0 spiro atoms. The monoisotopic (exact) mass is 479 g/mol. The van der Waals surface area contributed by atoms with E-state index in [1.807, 2.05) is 18.2 Å². The lowest BCUT2D eigenvalue weighted by Gasteiger charge is -2.32. The van der Waals surface area contributed by atoms with Gasteiger partial charge < -0.3 is 15.1 Å². The van der Waals surface area contributed by atoms with Crippen LogP contribution in [0.3, 0.4) is 0 Å². The van der Waals surface area contributed by atoms with E-state index in [1.165, 1.54) is 36.1 Å². The van der Waals surface area contributed by atoms with Crippen LogP contribution in [0.15, 0.2) is 30.3 Å². The van der Waals surface area contributed by atoms with Crippen molar-refractivity contribution in [2.45, 2.75) is 46.6 Å². The van der Waals surface area contributed by atoms with Crippen molar-refractivity contribution in [3.63, 3.8) is 0 Å². The molecule has 0 aromatic heterocycles. The van der Waals surface area contributed by atoms with Crippen LogP contribution in [0, 0.1) is 20.8 Å². The molecular formula is C28H41N5O2. The number of rotatable bonds is 7. The van der Waals surface area contributed by atoms with E-state index in [0.717, 1.165) is 66.8 Å². The van der Waals surface area contributed by atoms with Gasteiger partial charge >= 0.3 is 0 Å². The van der Waals surface area contributed by atoms with E-state index >= 15 is 0 Å². The molecule has 0 saturated carbocycles. The van der Waals surface area contributed by atoms with Crippen molar-refractivity contribution >= 4 is 23.0 Å². The first kappa shape index (κ1) is 25.5. The molecule has 0 bridgehead atoms. The second-order valence-corrected chi connectivity index (χ2v) is 10.3. The molecular weight excluding hydrogens is 438 g/mol. The molecule has 4 rings (SSSR count). The molecule has 7 nitrogen and oxygen atoms in total. The first-order chi connectivity index (χ1) is 16.8. The lowest BCUT2D eigenvalue weighted by Crippen LogP contribution is -2.48. The van der Waals surface area contributed by atoms with Crippen LogP contribution in [0.5, 0.6) is 0 Å². The average Bonchev–Trinajstić information content (AvgIpc) is 2.84. The summed E-state index contributed by atoms with van der Waals surface area (Å²) in [5.41, 5.74) is 7.99. The van der Waals surface area contributed by atoms with Gasteiger partial charge in [0.1, 0.15) is 0 Å². The maximum absolute atomic E-state index is 12.5. The van der Waals surface area contributed by atoms with E-state index in [1.54, 1.807) is 0 Å². The standard InChI is InChI=1S/C28H41N5O2/c1-21-16-24(19-33(35)27(34)20-31-14-12-30(4)13-15-31)8-9-26(21)29-28-22(2)17-25(18-23(28)3)32-10-6-5-7-11-32/h8-9,16-18,29,35H,5-7,10-15,19-20H2,1-4H3. The number of piperidine rings is 1. The van der Waals surface area contributed by atoms with Crippen LogP contribution in [0.2, 0.25) is 0 Å². The Kier molecular flexibility index (Phi) is 8.31. The number of nitrogens with zero attached hydrogens (tertiary/aromatic N) is 4. The number of hydrogen-bond donors (Lipinski definition) is 2. The van der Waals surface area contributed by atoms with Gasteiger partial charge in [-0.3, -0.25) is 14.9 Å². The van der Waals surface area contributed by atoms with Gasteiger partial charge in [-0.1, -0.05) is 12.1 Å². The first-order valence-electron chi connectivity index (χ1n) is 12.9. The highest BCUT2D eigenvalue weighted by molar-refractivity contribution is 5.77. The molecule has 0 radical (unpaired) electrons. The normalized spacial score (nSPS) is 17.5. The van der Waals surface area contributed by atoms with E-state index in [0.29, 0.717) is 0 Å². The largest absolute Gasteiger partial charge is 0.372 e. The number of piperazine rings is 1. The minimum Gasteiger partial charge on any atom is -0.372 e. The van der Waals surface area contributed by atoms with Crippen LogP contribution in [0.4, 0.5) is 17.1 Å². The second-order valence-electron chi connectivity index (χ2n) is 10.3. The molecule has 2 aromatic rings. The lowest BCUT2D eigenvalue weighted by molar-refractivity contribution is -0.169. The molecule has 2 aromatic carbocycles. The summed E-state index contributed by atoms with van der Waals surface area (Å²) in [6.45, 7) is 12.7. The van der Waals surface area contributed by atoms with E-state index in [9.17, 15) is 10.0 Å². The minimum absolute atomic E-state index is 0.191. The first-order valence-corrected chi connectivity index (χ1v) is 12.9. The van der Waals surface area contributed by atoms with Crippen LogP contribution >= 0.6 is 0 Å². The third kappa shape index (κ3) is 6.54. The molecule has 2 aliphatic rings. The number of amides is 1. The molecule has 2 saturated heterocycles. The van der Waals surface area contributed by atoms with E-state index in [-0.39, 0.29) is 19.0 Å². The SMILES string of the molecule is Cc1cc(CN(O)C(=O)CN2CCN(C)CC2)ccc1Nc1c(C)cc(N2CCCCC2)cc1C. The minimum atomic E-state index is -0.255. The number of likely N-dealkylation sites (N-methyl/N-ethyl adjacent to an activating group) is 1. The number of hydrogen-bond acceptors (Lipinski definition) is 6. The van der Waals surface area contributed by atoms with Gasteiger partial charge in [0.15, 0.2) is 0 Å². The van der Waals surface area contributed by atoms with Gasteiger partial charge in [0.05, 0.1) is 13.1 Å². The van der Waals surface area contributed by atoms with Crippen molar-refractivity contribution in [1.29, 1.82) is 0 Å². The van der Waals surface area contributed by atoms with E-state index in [2.05, 4.69) is 60.0 Å². The van der Waals surface area contributed by atoms with Gasteiger partial charge in [-0.25, -0.2) is 5.06 Å². The third-order valence-corrected chi connectivity index (χ3v) is 7.36. The molecule has 2 aliphatic heterocycles. The highest BCUT2D eigenvalue weighted by atomic mass is 16.5. The number of carbonyl (C=O) groups is 1. The second kappa shape index (κ2) is 11.4. The molecule has 0 aliphatic carbocycles. The molecule has 0 atom stereocenters. The smallest absolute Gasteiger partial charge is 0.260 e. The summed E-state index contributed by atoms with van der Waals surface area (Å²) in [5.74, 6) is -0.255. The molecule has 190 valence electrons. The topological polar surface area (TPSA) is 62.3 Å².